The molecule has 0 amide bonds. The van der Waals surface area contributed by atoms with E-state index in [9.17, 15) is 0 Å². The van der Waals surface area contributed by atoms with E-state index in [0.717, 1.165) is 0 Å². The Morgan fingerprint density at radius 3 is 2.21 bits per heavy atom. The molecule has 0 bridgehead atoms. The van der Waals surface area contributed by atoms with Crippen LogP contribution in [0.25, 0.3) is 64.5 Å². The quantitative estimate of drug-likeness (QED) is 0.253. The standard InChI is InChI=1S/C31H21NS/c1-2-10-20-17-18-26-25(19-20)28-22-13-6-7-14-23(22)31-29(24-15-8-9-16-27(24)33-31)30(28)32(26)21-11-4-3-5-12-21/h2-19H,1H3/b10-2+. The minimum atomic E-state index is 1.20. The highest BCUT2D eigenvalue weighted by molar-refractivity contribution is 7.27. The molecule has 0 saturated carbocycles. The lowest BCUT2D eigenvalue weighted by atomic mass is 9.99. The van der Waals surface area contributed by atoms with Crippen molar-refractivity contribution in [2.75, 3.05) is 0 Å². The third kappa shape index (κ3) is 2.59. The minimum absolute atomic E-state index is 1.20. The van der Waals surface area contributed by atoms with Crippen molar-refractivity contribution in [3.8, 4) is 5.69 Å². The lowest BCUT2D eigenvalue weighted by Gasteiger charge is -2.10. The average molecular weight is 440 g/mol. The van der Waals surface area contributed by atoms with E-state index in [2.05, 4.69) is 121 Å². The number of hydrogen-bond donors (Lipinski definition) is 0. The molecule has 0 saturated heterocycles. The van der Waals surface area contributed by atoms with Gasteiger partial charge in [-0.05, 0) is 48.2 Å². The van der Waals surface area contributed by atoms with E-state index in [1.54, 1.807) is 0 Å². The Morgan fingerprint density at radius 2 is 1.39 bits per heavy atom. The second-order valence-electron chi connectivity index (χ2n) is 8.52. The van der Waals surface area contributed by atoms with Crippen molar-refractivity contribution in [1.29, 1.82) is 0 Å². The Bertz CT molecular complexity index is 1870. The number of allylic oxidation sites excluding steroid dienone is 1. The maximum atomic E-state index is 2.47. The third-order valence-electron chi connectivity index (χ3n) is 6.64. The zero-order valence-corrected chi connectivity index (χ0v) is 19.1. The normalized spacial score (nSPS) is 12.3. The Morgan fingerprint density at radius 1 is 0.667 bits per heavy atom. The monoisotopic (exact) mass is 439 g/mol. The molecule has 2 aromatic heterocycles. The van der Waals surface area contributed by atoms with Gasteiger partial charge in [-0.2, -0.15) is 0 Å². The Balaban J connectivity index is 1.86. The zero-order valence-electron chi connectivity index (χ0n) is 18.2. The smallest absolute Gasteiger partial charge is 0.0640 e. The third-order valence-corrected chi connectivity index (χ3v) is 7.84. The highest BCUT2D eigenvalue weighted by Gasteiger charge is 2.21. The second kappa shape index (κ2) is 7.06. The van der Waals surface area contributed by atoms with Crippen LogP contribution in [-0.2, 0) is 0 Å². The summed E-state index contributed by atoms with van der Waals surface area (Å²) >= 11 is 1.91. The van der Waals surface area contributed by atoms with Crippen molar-refractivity contribution in [3.63, 3.8) is 0 Å². The van der Waals surface area contributed by atoms with Gasteiger partial charge in [-0.15, -0.1) is 11.3 Å². The van der Waals surface area contributed by atoms with Crippen molar-refractivity contribution in [2.45, 2.75) is 6.92 Å². The van der Waals surface area contributed by atoms with Crippen LogP contribution in [0, 0.1) is 0 Å². The SMILES string of the molecule is C/C=C/c1ccc2c(c1)c1c3ccccc3c3sc4ccccc4c3c1n2-c1ccccc1. The van der Waals surface area contributed by atoms with E-state index in [-0.39, 0.29) is 0 Å². The van der Waals surface area contributed by atoms with E-state index < -0.39 is 0 Å². The van der Waals surface area contributed by atoms with Crippen LogP contribution in [0.15, 0.2) is 103 Å². The summed E-state index contributed by atoms with van der Waals surface area (Å²) in [6.07, 6.45) is 4.30. The first-order valence-electron chi connectivity index (χ1n) is 11.3. The highest BCUT2D eigenvalue weighted by Crippen LogP contribution is 2.47. The molecule has 1 nitrogen and oxygen atoms in total. The molecule has 7 rings (SSSR count). The molecule has 5 aromatic carbocycles. The zero-order chi connectivity index (χ0) is 21.9. The first-order valence-corrected chi connectivity index (χ1v) is 12.1. The summed E-state index contributed by atoms with van der Waals surface area (Å²) in [5.74, 6) is 0. The van der Waals surface area contributed by atoms with Crippen LogP contribution in [0.3, 0.4) is 0 Å². The molecule has 0 aliphatic rings. The van der Waals surface area contributed by atoms with Crippen LogP contribution in [0.5, 0.6) is 0 Å². The van der Waals surface area contributed by atoms with Gasteiger partial charge in [-0.3, -0.25) is 0 Å². The molecule has 0 fully saturated rings. The number of rotatable bonds is 2. The second-order valence-corrected chi connectivity index (χ2v) is 9.57. The predicted octanol–water partition coefficient (Wildman–Crippen LogP) is 9.34. The van der Waals surface area contributed by atoms with Gasteiger partial charge in [0.2, 0.25) is 0 Å². The number of fused-ring (bicyclic) bond motifs is 10. The fraction of sp³-hybridized carbons (Fsp3) is 0.0323. The Hall–Kier alpha value is -3.88. The van der Waals surface area contributed by atoms with Gasteiger partial charge in [0.1, 0.15) is 0 Å². The molecule has 33 heavy (non-hydrogen) atoms. The summed E-state index contributed by atoms with van der Waals surface area (Å²) < 4.78 is 5.18. The van der Waals surface area contributed by atoms with Gasteiger partial charge in [0.25, 0.3) is 0 Å². The Kier molecular flexibility index (Phi) is 3.99. The minimum Gasteiger partial charge on any atom is -0.309 e. The molecule has 0 N–H and O–H groups in total. The van der Waals surface area contributed by atoms with Crippen molar-refractivity contribution in [2.24, 2.45) is 0 Å². The maximum absolute atomic E-state index is 2.47. The molecule has 7 aromatic rings. The van der Waals surface area contributed by atoms with Crippen LogP contribution in [0.1, 0.15) is 12.5 Å². The number of para-hydroxylation sites is 1. The van der Waals surface area contributed by atoms with Crippen LogP contribution >= 0.6 is 11.3 Å². The molecule has 0 spiro atoms. The van der Waals surface area contributed by atoms with E-state index >= 15 is 0 Å². The molecule has 0 atom stereocenters. The van der Waals surface area contributed by atoms with E-state index in [4.69, 9.17) is 0 Å². The molecule has 156 valence electrons. The van der Waals surface area contributed by atoms with E-state index in [1.807, 2.05) is 11.3 Å². The molecule has 0 unspecified atom stereocenters. The number of hydrogen-bond acceptors (Lipinski definition) is 1. The van der Waals surface area contributed by atoms with Gasteiger partial charge in [0, 0.05) is 42.0 Å². The van der Waals surface area contributed by atoms with Crippen LogP contribution in [0.4, 0.5) is 0 Å². The summed E-state index contributed by atoms with van der Waals surface area (Å²) in [5, 5.41) is 8.00. The average Bonchev–Trinajstić information content (AvgIpc) is 3.41. The highest BCUT2D eigenvalue weighted by atomic mass is 32.1. The molecule has 0 aliphatic heterocycles. The summed E-state index contributed by atoms with van der Waals surface area (Å²) in [6.45, 7) is 2.08. The fourth-order valence-electron chi connectivity index (χ4n) is 5.33. The lowest BCUT2D eigenvalue weighted by Crippen LogP contribution is -1.94. The van der Waals surface area contributed by atoms with Gasteiger partial charge < -0.3 is 4.57 Å². The van der Waals surface area contributed by atoms with Crippen LogP contribution in [-0.4, -0.2) is 4.57 Å². The van der Waals surface area contributed by atoms with Gasteiger partial charge in [-0.1, -0.05) is 78.9 Å². The van der Waals surface area contributed by atoms with Crippen molar-refractivity contribution >= 4 is 70.2 Å². The fourth-order valence-corrected chi connectivity index (χ4v) is 6.57. The topological polar surface area (TPSA) is 4.93 Å². The van der Waals surface area contributed by atoms with E-state index in [1.165, 1.54) is 64.0 Å². The van der Waals surface area contributed by atoms with Crippen LogP contribution < -0.4 is 0 Å². The number of nitrogens with zero attached hydrogens (tertiary/aromatic N) is 1. The largest absolute Gasteiger partial charge is 0.309 e. The van der Waals surface area contributed by atoms with Crippen molar-refractivity contribution in [1.82, 2.24) is 4.57 Å². The van der Waals surface area contributed by atoms with Crippen molar-refractivity contribution in [3.05, 3.63) is 109 Å². The van der Waals surface area contributed by atoms with Gasteiger partial charge in [0.05, 0.1) is 11.0 Å². The number of aromatic nitrogens is 1. The van der Waals surface area contributed by atoms with E-state index in [0.29, 0.717) is 0 Å². The molecular formula is C31H21NS. The predicted molar refractivity (Wildman–Crippen MR) is 146 cm³/mol. The maximum Gasteiger partial charge on any atom is 0.0640 e. The van der Waals surface area contributed by atoms with Gasteiger partial charge >= 0.3 is 0 Å². The van der Waals surface area contributed by atoms with Crippen LogP contribution in [0.2, 0.25) is 0 Å². The first kappa shape index (κ1) is 18.7. The summed E-state index contributed by atoms with van der Waals surface area (Å²) in [6, 6.07) is 35.4. The lowest BCUT2D eigenvalue weighted by molar-refractivity contribution is 1.19. The molecule has 2 heteroatoms. The van der Waals surface area contributed by atoms with Crippen molar-refractivity contribution < 1.29 is 0 Å². The number of thiophene rings is 1. The molecule has 0 radical (unpaired) electrons. The molecule has 2 heterocycles. The Labute approximate surface area is 195 Å². The summed E-state index contributed by atoms with van der Waals surface area (Å²) in [5.41, 5.74) is 4.98. The summed E-state index contributed by atoms with van der Waals surface area (Å²) in [4.78, 5) is 0. The number of benzene rings is 5. The molecular weight excluding hydrogens is 418 g/mol. The van der Waals surface area contributed by atoms with Gasteiger partial charge in [0.15, 0.2) is 0 Å². The summed E-state index contributed by atoms with van der Waals surface area (Å²) in [7, 11) is 0. The first-order chi connectivity index (χ1) is 16.3. The molecule has 0 aliphatic carbocycles. The van der Waals surface area contributed by atoms with Gasteiger partial charge in [-0.25, -0.2) is 0 Å².